The summed E-state index contributed by atoms with van der Waals surface area (Å²) < 4.78 is 40.7. The number of rotatable bonds is 10. The molecular weight excluding hydrogens is 257 g/mol. The highest BCUT2D eigenvalue weighted by molar-refractivity contribution is 5.03. The molecule has 0 aliphatic rings. The van der Waals surface area contributed by atoms with Gasteiger partial charge in [0.1, 0.15) is 5.54 Å². The summed E-state index contributed by atoms with van der Waals surface area (Å²) >= 11 is 0. The third-order valence-electron chi connectivity index (χ3n) is 2.73. The van der Waals surface area contributed by atoms with E-state index in [1.807, 2.05) is 13.8 Å². The van der Waals surface area contributed by atoms with Gasteiger partial charge in [-0.25, -0.2) is 0 Å². The summed E-state index contributed by atoms with van der Waals surface area (Å²) in [7, 11) is 0. The minimum Gasteiger partial charge on any atom is -0.381 e. The minimum absolute atomic E-state index is 0.00684. The highest BCUT2D eigenvalue weighted by Crippen LogP contribution is 2.21. The highest BCUT2D eigenvalue weighted by Gasteiger charge is 2.26. The maximum atomic E-state index is 11.9. The van der Waals surface area contributed by atoms with E-state index in [1.54, 1.807) is 0 Å². The van der Waals surface area contributed by atoms with E-state index in [2.05, 4.69) is 11.4 Å². The number of hydrogen-bond acceptors (Lipinski definition) is 3. The van der Waals surface area contributed by atoms with E-state index in [9.17, 15) is 13.2 Å². The number of ether oxygens (including phenoxy) is 1. The van der Waals surface area contributed by atoms with Crippen molar-refractivity contribution < 1.29 is 17.9 Å². The second kappa shape index (κ2) is 9.16. The average Bonchev–Trinajstić information content (AvgIpc) is 2.34. The average molecular weight is 280 g/mol. The molecule has 1 unspecified atom stereocenters. The van der Waals surface area contributed by atoms with Gasteiger partial charge in [-0.2, -0.15) is 18.4 Å². The van der Waals surface area contributed by atoms with Gasteiger partial charge in [-0.3, -0.25) is 5.32 Å². The van der Waals surface area contributed by atoms with E-state index in [0.717, 1.165) is 13.0 Å². The molecule has 0 amide bonds. The summed E-state index contributed by atoms with van der Waals surface area (Å²) in [5.74, 6) is 0. The molecule has 0 radical (unpaired) electrons. The van der Waals surface area contributed by atoms with Gasteiger partial charge in [-0.05, 0) is 39.2 Å². The van der Waals surface area contributed by atoms with Crippen molar-refractivity contribution >= 4 is 0 Å². The van der Waals surface area contributed by atoms with Gasteiger partial charge in [-0.15, -0.1) is 0 Å². The predicted octanol–water partition coefficient (Wildman–Crippen LogP) is 3.41. The molecule has 0 aromatic heterocycles. The van der Waals surface area contributed by atoms with E-state index in [1.165, 1.54) is 0 Å². The van der Waals surface area contributed by atoms with Gasteiger partial charge in [0.25, 0.3) is 0 Å². The summed E-state index contributed by atoms with van der Waals surface area (Å²) in [5, 5.41) is 12.2. The van der Waals surface area contributed by atoms with Crippen LogP contribution in [0, 0.1) is 11.3 Å². The number of nitrogens with zero attached hydrogens (tertiary/aromatic N) is 1. The zero-order valence-electron chi connectivity index (χ0n) is 11.6. The lowest BCUT2D eigenvalue weighted by Crippen LogP contribution is -2.41. The smallest absolute Gasteiger partial charge is 0.381 e. The Labute approximate surface area is 113 Å². The Kier molecular flexibility index (Phi) is 8.77. The van der Waals surface area contributed by atoms with Crippen molar-refractivity contribution in [2.75, 3.05) is 19.8 Å². The summed E-state index contributed by atoms with van der Waals surface area (Å²) in [6.45, 7) is 5.13. The molecular formula is C13H23F3N2O. The van der Waals surface area contributed by atoms with E-state index in [0.29, 0.717) is 19.4 Å². The Balaban J connectivity index is 3.59. The Bertz CT molecular complexity index is 276. The van der Waals surface area contributed by atoms with Crippen LogP contribution in [0.1, 0.15) is 46.0 Å². The van der Waals surface area contributed by atoms with E-state index >= 15 is 0 Å². The molecule has 19 heavy (non-hydrogen) atoms. The van der Waals surface area contributed by atoms with Crippen LogP contribution in [-0.4, -0.2) is 31.5 Å². The standard InChI is InChI=1S/C13H23F3N2O/c1-3-8-18-12(2,11-17)6-4-9-19-10-5-7-13(14,15)16/h18H,3-10H2,1-2H3. The SMILES string of the molecule is CCCNC(C)(C#N)CCCOCCCC(F)(F)F. The zero-order valence-corrected chi connectivity index (χ0v) is 11.6. The van der Waals surface area contributed by atoms with Crippen LogP contribution in [0.25, 0.3) is 0 Å². The van der Waals surface area contributed by atoms with Crippen LogP contribution in [0.15, 0.2) is 0 Å². The number of hydrogen-bond donors (Lipinski definition) is 1. The Hall–Kier alpha value is -0.800. The topological polar surface area (TPSA) is 45.0 Å². The fourth-order valence-corrected chi connectivity index (χ4v) is 1.59. The van der Waals surface area contributed by atoms with Gasteiger partial charge in [0.2, 0.25) is 0 Å². The minimum atomic E-state index is -4.10. The van der Waals surface area contributed by atoms with Gasteiger partial charge in [0.05, 0.1) is 6.07 Å². The van der Waals surface area contributed by atoms with Gasteiger partial charge in [-0.1, -0.05) is 6.92 Å². The fourth-order valence-electron chi connectivity index (χ4n) is 1.59. The third kappa shape index (κ3) is 10.8. The second-order valence-corrected chi connectivity index (χ2v) is 4.81. The van der Waals surface area contributed by atoms with Crippen LogP contribution in [0.4, 0.5) is 13.2 Å². The first kappa shape index (κ1) is 18.2. The van der Waals surface area contributed by atoms with Gasteiger partial charge < -0.3 is 4.74 Å². The molecule has 0 aromatic carbocycles. The number of nitrogens with one attached hydrogen (secondary N) is 1. The van der Waals surface area contributed by atoms with Crippen molar-refractivity contribution in [3.8, 4) is 6.07 Å². The summed E-state index contributed by atoms with van der Waals surface area (Å²) in [6.07, 6.45) is -2.68. The van der Waals surface area contributed by atoms with Crippen molar-refractivity contribution in [1.82, 2.24) is 5.32 Å². The molecule has 0 aliphatic heterocycles. The van der Waals surface area contributed by atoms with Crippen molar-refractivity contribution in [1.29, 1.82) is 5.26 Å². The molecule has 1 atom stereocenters. The molecule has 0 heterocycles. The molecule has 3 nitrogen and oxygen atoms in total. The second-order valence-electron chi connectivity index (χ2n) is 4.81. The molecule has 0 saturated heterocycles. The van der Waals surface area contributed by atoms with Crippen LogP contribution in [0.3, 0.4) is 0 Å². The first-order chi connectivity index (χ1) is 8.83. The predicted molar refractivity (Wildman–Crippen MR) is 67.7 cm³/mol. The molecule has 0 rings (SSSR count). The third-order valence-corrected chi connectivity index (χ3v) is 2.73. The Morgan fingerprint density at radius 2 is 1.74 bits per heavy atom. The molecule has 6 heteroatoms. The normalized spacial score (nSPS) is 14.9. The summed E-state index contributed by atoms with van der Waals surface area (Å²) in [5.41, 5.74) is -0.578. The Morgan fingerprint density at radius 3 is 2.21 bits per heavy atom. The van der Waals surface area contributed by atoms with Crippen molar-refractivity contribution in [3.63, 3.8) is 0 Å². The summed E-state index contributed by atoms with van der Waals surface area (Å²) in [6, 6.07) is 2.22. The Morgan fingerprint density at radius 1 is 1.16 bits per heavy atom. The lowest BCUT2D eigenvalue weighted by molar-refractivity contribution is -0.137. The largest absolute Gasteiger partial charge is 0.389 e. The van der Waals surface area contributed by atoms with E-state index in [-0.39, 0.29) is 13.0 Å². The van der Waals surface area contributed by atoms with Crippen LogP contribution in [-0.2, 0) is 4.74 Å². The van der Waals surface area contributed by atoms with Crippen molar-refractivity contribution in [2.45, 2.75) is 57.7 Å². The van der Waals surface area contributed by atoms with Crippen LogP contribution < -0.4 is 5.32 Å². The molecule has 112 valence electrons. The number of halogens is 3. The van der Waals surface area contributed by atoms with E-state index < -0.39 is 18.1 Å². The van der Waals surface area contributed by atoms with Crippen LogP contribution in [0.5, 0.6) is 0 Å². The first-order valence-electron chi connectivity index (χ1n) is 6.64. The molecule has 1 N–H and O–H groups in total. The van der Waals surface area contributed by atoms with Crippen LogP contribution >= 0.6 is 0 Å². The number of alkyl halides is 3. The highest BCUT2D eigenvalue weighted by atomic mass is 19.4. The van der Waals surface area contributed by atoms with E-state index in [4.69, 9.17) is 10.00 Å². The van der Waals surface area contributed by atoms with Crippen molar-refractivity contribution in [2.24, 2.45) is 0 Å². The first-order valence-corrected chi connectivity index (χ1v) is 6.64. The number of nitriles is 1. The maximum Gasteiger partial charge on any atom is 0.389 e. The lowest BCUT2D eigenvalue weighted by Gasteiger charge is -2.22. The molecule has 0 bridgehead atoms. The fraction of sp³-hybridized carbons (Fsp3) is 0.923. The monoisotopic (exact) mass is 280 g/mol. The molecule has 0 saturated carbocycles. The van der Waals surface area contributed by atoms with Crippen LogP contribution in [0.2, 0.25) is 0 Å². The molecule has 0 aromatic rings. The maximum absolute atomic E-state index is 11.9. The molecule has 0 fully saturated rings. The zero-order chi connectivity index (χ0) is 14.8. The van der Waals surface area contributed by atoms with Gasteiger partial charge >= 0.3 is 6.18 Å². The van der Waals surface area contributed by atoms with Crippen molar-refractivity contribution in [3.05, 3.63) is 0 Å². The molecule has 0 aliphatic carbocycles. The lowest BCUT2D eigenvalue weighted by atomic mass is 9.98. The quantitative estimate of drug-likeness (QED) is 0.624. The summed E-state index contributed by atoms with van der Waals surface area (Å²) in [4.78, 5) is 0. The molecule has 0 spiro atoms. The van der Waals surface area contributed by atoms with Gasteiger partial charge in [0.15, 0.2) is 0 Å². The van der Waals surface area contributed by atoms with Gasteiger partial charge in [0, 0.05) is 19.6 Å².